The van der Waals surface area contributed by atoms with Crippen molar-refractivity contribution in [3.8, 4) is 17.0 Å². The van der Waals surface area contributed by atoms with Gasteiger partial charge in [0.2, 0.25) is 6.86 Å². The minimum absolute atomic E-state index is 0.442. The van der Waals surface area contributed by atoms with Crippen molar-refractivity contribution in [3.63, 3.8) is 0 Å². The van der Waals surface area contributed by atoms with E-state index in [-0.39, 0.29) is 0 Å². The Balaban J connectivity index is 2.42. The van der Waals surface area contributed by atoms with Crippen LogP contribution in [0.2, 0.25) is 0 Å². The summed E-state index contributed by atoms with van der Waals surface area (Å²) >= 11 is 0. The van der Waals surface area contributed by atoms with Crippen molar-refractivity contribution < 1.29 is 13.5 Å². The molecule has 1 aromatic carbocycles. The standard InChI is InChI=1S/C10H7FNO2/c11-6-14-10-4-2-1-3-8(10)9-5-13-7-12-9/h1-5H,6H2. The van der Waals surface area contributed by atoms with E-state index in [2.05, 4.69) is 11.4 Å². The maximum Gasteiger partial charge on any atom is 0.284 e. The number of para-hydroxylation sites is 1. The Morgan fingerprint density at radius 3 is 3.00 bits per heavy atom. The van der Waals surface area contributed by atoms with Crippen LogP contribution >= 0.6 is 0 Å². The normalized spacial score (nSPS) is 10.1. The van der Waals surface area contributed by atoms with E-state index < -0.39 is 6.86 Å². The maximum atomic E-state index is 12.0. The zero-order valence-electron chi connectivity index (χ0n) is 7.24. The lowest BCUT2D eigenvalue weighted by molar-refractivity contribution is 0.192. The predicted molar refractivity (Wildman–Crippen MR) is 47.4 cm³/mol. The van der Waals surface area contributed by atoms with Crippen LogP contribution in [0.3, 0.4) is 0 Å². The molecule has 0 saturated carbocycles. The van der Waals surface area contributed by atoms with Gasteiger partial charge >= 0.3 is 0 Å². The Hall–Kier alpha value is -1.84. The van der Waals surface area contributed by atoms with Crippen LogP contribution < -0.4 is 4.74 Å². The van der Waals surface area contributed by atoms with Crippen molar-refractivity contribution in [2.45, 2.75) is 0 Å². The van der Waals surface area contributed by atoms with Gasteiger partial charge in [0.15, 0.2) is 0 Å². The molecule has 0 unspecified atom stereocenters. The van der Waals surface area contributed by atoms with Crippen molar-refractivity contribution in [3.05, 3.63) is 36.9 Å². The molecule has 0 spiro atoms. The summed E-state index contributed by atoms with van der Waals surface area (Å²) in [5.74, 6) is 0.442. The summed E-state index contributed by atoms with van der Waals surface area (Å²) in [5, 5.41) is 0. The van der Waals surface area contributed by atoms with Crippen molar-refractivity contribution in [2.75, 3.05) is 6.86 Å². The van der Waals surface area contributed by atoms with Gasteiger partial charge < -0.3 is 9.15 Å². The molecule has 1 aromatic heterocycles. The van der Waals surface area contributed by atoms with Crippen LogP contribution in [-0.4, -0.2) is 11.8 Å². The number of hydrogen-bond acceptors (Lipinski definition) is 3. The first kappa shape index (κ1) is 8.74. The van der Waals surface area contributed by atoms with Gasteiger partial charge in [0, 0.05) is 5.56 Å². The Morgan fingerprint density at radius 1 is 1.43 bits per heavy atom. The summed E-state index contributed by atoms with van der Waals surface area (Å²) < 4.78 is 21.5. The first-order valence-corrected chi connectivity index (χ1v) is 4.01. The van der Waals surface area contributed by atoms with Crippen LogP contribution in [0.1, 0.15) is 0 Å². The lowest BCUT2D eigenvalue weighted by Gasteiger charge is -2.05. The molecular weight excluding hydrogens is 185 g/mol. The van der Waals surface area contributed by atoms with Gasteiger partial charge in [-0.3, -0.25) is 0 Å². The van der Waals surface area contributed by atoms with E-state index in [1.54, 1.807) is 18.2 Å². The van der Waals surface area contributed by atoms with Crippen LogP contribution in [0.25, 0.3) is 11.3 Å². The molecule has 71 valence electrons. The van der Waals surface area contributed by atoms with Crippen LogP contribution in [0, 0.1) is 6.39 Å². The molecule has 0 fully saturated rings. The van der Waals surface area contributed by atoms with E-state index in [0.29, 0.717) is 17.0 Å². The number of benzene rings is 1. The first-order valence-electron chi connectivity index (χ1n) is 4.01. The summed E-state index contributed by atoms with van der Waals surface area (Å²) in [4.78, 5) is 3.84. The van der Waals surface area contributed by atoms with Gasteiger partial charge in [-0.05, 0) is 12.1 Å². The van der Waals surface area contributed by atoms with Gasteiger partial charge in [0.05, 0.1) is 0 Å². The van der Waals surface area contributed by atoms with Gasteiger partial charge in [0.25, 0.3) is 6.39 Å². The third-order valence-electron chi connectivity index (χ3n) is 1.76. The summed E-state index contributed by atoms with van der Waals surface area (Å²) in [6, 6.07) is 7.02. The average molecular weight is 192 g/mol. The Bertz CT molecular complexity index is 400. The smallest absolute Gasteiger partial charge is 0.284 e. The second-order valence-electron chi connectivity index (χ2n) is 2.57. The second kappa shape index (κ2) is 3.91. The monoisotopic (exact) mass is 192 g/mol. The van der Waals surface area contributed by atoms with Gasteiger partial charge in [-0.25, -0.2) is 9.37 Å². The van der Waals surface area contributed by atoms with E-state index >= 15 is 0 Å². The third-order valence-corrected chi connectivity index (χ3v) is 1.76. The van der Waals surface area contributed by atoms with Crippen molar-refractivity contribution >= 4 is 0 Å². The highest BCUT2D eigenvalue weighted by atomic mass is 19.1. The maximum absolute atomic E-state index is 12.0. The molecule has 3 nitrogen and oxygen atoms in total. The molecule has 0 aliphatic heterocycles. The number of ether oxygens (including phenoxy) is 1. The lowest BCUT2D eigenvalue weighted by atomic mass is 10.1. The SMILES string of the molecule is FCOc1ccccc1-c1co[c]n1. The van der Waals surface area contributed by atoms with E-state index in [1.165, 1.54) is 6.26 Å². The predicted octanol–water partition coefficient (Wildman–Crippen LogP) is 2.45. The molecular formula is C10H7FNO2. The fourth-order valence-electron chi connectivity index (χ4n) is 1.17. The van der Waals surface area contributed by atoms with E-state index in [0.717, 1.165) is 0 Å². The highest BCUT2D eigenvalue weighted by Gasteiger charge is 2.07. The second-order valence-corrected chi connectivity index (χ2v) is 2.57. The molecule has 1 radical (unpaired) electrons. The molecule has 0 aliphatic carbocycles. The van der Waals surface area contributed by atoms with E-state index in [1.807, 2.05) is 6.07 Å². The van der Waals surface area contributed by atoms with Crippen LogP contribution in [0.5, 0.6) is 5.75 Å². The minimum Gasteiger partial charge on any atom is -0.462 e. The van der Waals surface area contributed by atoms with Gasteiger partial charge in [-0.2, -0.15) is 0 Å². The molecule has 0 N–H and O–H groups in total. The summed E-state index contributed by atoms with van der Waals surface area (Å²) in [7, 11) is 0. The number of rotatable bonds is 3. The van der Waals surface area contributed by atoms with Crippen molar-refractivity contribution in [1.82, 2.24) is 4.98 Å². The number of oxazole rings is 1. The third kappa shape index (κ3) is 1.59. The largest absolute Gasteiger partial charge is 0.462 e. The molecule has 14 heavy (non-hydrogen) atoms. The molecule has 2 aromatic rings. The van der Waals surface area contributed by atoms with Crippen LogP contribution in [-0.2, 0) is 0 Å². The minimum atomic E-state index is -0.863. The molecule has 4 heteroatoms. The summed E-state index contributed by atoms with van der Waals surface area (Å²) in [6.45, 7) is -0.863. The van der Waals surface area contributed by atoms with Crippen LogP contribution in [0.15, 0.2) is 34.9 Å². The average Bonchev–Trinajstić information content (AvgIpc) is 2.72. The Labute approximate surface area is 80.1 Å². The quantitative estimate of drug-likeness (QED) is 0.749. The number of aromatic nitrogens is 1. The first-order chi connectivity index (χ1) is 6.92. The number of hydrogen-bond donors (Lipinski definition) is 0. The van der Waals surface area contributed by atoms with E-state index in [4.69, 9.17) is 9.15 Å². The fraction of sp³-hybridized carbons (Fsp3) is 0.100. The molecule has 0 saturated heterocycles. The highest BCUT2D eigenvalue weighted by molar-refractivity contribution is 5.65. The lowest BCUT2D eigenvalue weighted by Crippen LogP contribution is -1.92. The molecule has 0 aliphatic rings. The molecule has 2 rings (SSSR count). The fourth-order valence-corrected chi connectivity index (χ4v) is 1.17. The Kier molecular flexibility index (Phi) is 2.44. The zero-order valence-corrected chi connectivity index (χ0v) is 7.24. The Morgan fingerprint density at radius 2 is 2.29 bits per heavy atom. The number of nitrogens with zero attached hydrogens (tertiary/aromatic N) is 1. The highest BCUT2D eigenvalue weighted by Crippen LogP contribution is 2.28. The number of halogens is 1. The van der Waals surface area contributed by atoms with Gasteiger partial charge in [-0.1, -0.05) is 12.1 Å². The zero-order chi connectivity index (χ0) is 9.80. The summed E-state index contributed by atoms with van der Waals surface area (Å²) in [5.41, 5.74) is 1.27. The van der Waals surface area contributed by atoms with Gasteiger partial charge in [-0.15, -0.1) is 0 Å². The molecule has 0 bridgehead atoms. The van der Waals surface area contributed by atoms with Crippen LogP contribution in [0.4, 0.5) is 4.39 Å². The summed E-state index contributed by atoms with van der Waals surface area (Å²) in [6.07, 6.45) is 3.75. The molecule has 1 heterocycles. The molecule has 0 amide bonds. The van der Waals surface area contributed by atoms with Crippen molar-refractivity contribution in [2.24, 2.45) is 0 Å². The molecule has 0 atom stereocenters. The van der Waals surface area contributed by atoms with Gasteiger partial charge in [0.1, 0.15) is 17.7 Å². The topological polar surface area (TPSA) is 35.3 Å². The number of alkyl halides is 1. The van der Waals surface area contributed by atoms with E-state index in [9.17, 15) is 4.39 Å². The van der Waals surface area contributed by atoms with Crippen molar-refractivity contribution in [1.29, 1.82) is 0 Å².